The number of aliphatic imine (C=N–C) groups is 1. The molecule has 2 aliphatic carbocycles. The first-order valence-electron chi connectivity index (χ1n) is 11.2. The lowest BCUT2D eigenvalue weighted by molar-refractivity contribution is 0.228. The summed E-state index contributed by atoms with van der Waals surface area (Å²) < 4.78 is 13.1. The molecular weight excluding hydrogens is 416 g/mol. The number of hydrogen-bond acceptors (Lipinski definition) is 3. The molecule has 0 aliphatic heterocycles. The number of allylic oxidation sites excluding steroid dienone is 9. The van der Waals surface area contributed by atoms with E-state index in [2.05, 4.69) is 40.7 Å². The first-order valence-corrected chi connectivity index (χ1v) is 12.5. The molecule has 32 heavy (non-hydrogen) atoms. The zero-order valence-electron chi connectivity index (χ0n) is 18.8. The highest BCUT2D eigenvalue weighted by Crippen LogP contribution is 2.30. The third-order valence-corrected chi connectivity index (χ3v) is 7.63. The van der Waals surface area contributed by atoms with Crippen molar-refractivity contribution in [1.82, 2.24) is 9.88 Å². The predicted molar refractivity (Wildman–Crippen MR) is 137 cm³/mol. The highest BCUT2D eigenvalue weighted by Gasteiger charge is 2.26. The Morgan fingerprint density at radius 3 is 2.62 bits per heavy atom. The van der Waals surface area contributed by atoms with Crippen LogP contribution in [0.25, 0.3) is 12.4 Å². The molecule has 0 bridgehead atoms. The van der Waals surface area contributed by atoms with E-state index in [9.17, 15) is 4.21 Å². The van der Waals surface area contributed by atoms with Gasteiger partial charge in [-0.15, -0.1) is 0 Å². The van der Waals surface area contributed by atoms with Crippen LogP contribution in [-0.4, -0.2) is 39.3 Å². The summed E-state index contributed by atoms with van der Waals surface area (Å²) in [7, 11) is 1.09. The number of rotatable bonds is 6. The molecule has 1 aromatic rings. The molecule has 0 aromatic carbocycles. The van der Waals surface area contributed by atoms with Crippen molar-refractivity contribution in [3.8, 4) is 0 Å². The molecule has 0 amide bonds. The molecule has 1 aromatic heterocycles. The fourth-order valence-corrected chi connectivity index (χ4v) is 5.67. The van der Waals surface area contributed by atoms with Crippen molar-refractivity contribution in [1.29, 1.82) is 0 Å². The monoisotopic (exact) mass is 450 g/mol. The zero-order valence-corrected chi connectivity index (χ0v) is 19.6. The summed E-state index contributed by atoms with van der Waals surface area (Å²) in [4.78, 5) is 10.7. The summed E-state index contributed by atoms with van der Waals surface area (Å²) in [6.07, 6.45) is 26.3. The van der Waals surface area contributed by atoms with Crippen LogP contribution in [0.3, 0.4) is 0 Å². The third kappa shape index (κ3) is 6.57. The van der Waals surface area contributed by atoms with Gasteiger partial charge in [0.2, 0.25) is 0 Å². The van der Waals surface area contributed by atoms with Crippen LogP contribution >= 0.6 is 0 Å². The Labute approximate surface area is 193 Å². The first-order chi connectivity index (χ1) is 15.6. The topological polar surface area (TPSA) is 74.5 Å². The lowest BCUT2D eigenvalue weighted by Crippen LogP contribution is -2.39. The molecule has 1 unspecified atom stereocenters. The van der Waals surface area contributed by atoms with Gasteiger partial charge < -0.3 is 15.6 Å². The number of aromatic amines is 1. The number of hydrogen-bond donors (Lipinski definition) is 2. The molecule has 170 valence electrons. The minimum atomic E-state index is -0.988. The van der Waals surface area contributed by atoms with Crippen LogP contribution in [-0.2, 0) is 10.8 Å². The first kappa shape index (κ1) is 23.8. The summed E-state index contributed by atoms with van der Waals surface area (Å²) in [5, 5.41) is 1.81. The lowest BCUT2D eigenvalue weighted by atomic mass is 9.86. The highest BCUT2D eigenvalue weighted by atomic mass is 32.2. The van der Waals surface area contributed by atoms with E-state index in [-0.39, 0.29) is 0 Å². The van der Waals surface area contributed by atoms with Crippen molar-refractivity contribution in [2.75, 3.05) is 12.8 Å². The molecule has 1 atom stereocenters. The van der Waals surface area contributed by atoms with Gasteiger partial charge in [0, 0.05) is 40.5 Å². The SMILES string of the molecule is C=c1[nH]cc/c1=C(/N=CN)N(C)C1CCC(CS(=O)C2=C\C\C=C/C=C\C=C/C=C/2)CC1. The van der Waals surface area contributed by atoms with Crippen LogP contribution in [0.15, 0.2) is 76.8 Å². The standard InChI is InChI=1S/C26H34N4OS/c1-21-25(17-18-28-21)26(29-20-27)30(2)23-15-13-22(14-16-23)19-32(31)24-11-9-7-5-3-4-6-8-10-12-24/h3-9,11-12,17-18,20,22-23,28H,1,10,13-16,19H2,2H3,(H2,27,29)/b4-3-,7-5-,8-6-,11-9+,24-12+,26-25+. The summed E-state index contributed by atoms with van der Waals surface area (Å²) >= 11 is 0. The van der Waals surface area contributed by atoms with Gasteiger partial charge in [0.25, 0.3) is 0 Å². The number of nitrogens with one attached hydrogen (secondary N) is 1. The van der Waals surface area contributed by atoms with Crippen LogP contribution in [0, 0.1) is 5.92 Å². The molecule has 1 fully saturated rings. The van der Waals surface area contributed by atoms with Crippen LogP contribution in [0.4, 0.5) is 0 Å². The van der Waals surface area contributed by atoms with Gasteiger partial charge in [-0.3, -0.25) is 4.21 Å². The quantitative estimate of drug-likeness (QED) is 0.516. The van der Waals surface area contributed by atoms with Crippen molar-refractivity contribution in [2.24, 2.45) is 16.6 Å². The van der Waals surface area contributed by atoms with Crippen molar-refractivity contribution < 1.29 is 4.21 Å². The molecule has 2 aliphatic rings. The molecule has 5 nitrogen and oxygen atoms in total. The molecule has 3 N–H and O–H groups in total. The van der Waals surface area contributed by atoms with Crippen LogP contribution in [0.5, 0.6) is 0 Å². The van der Waals surface area contributed by atoms with Crippen molar-refractivity contribution in [2.45, 2.75) is 38.1 Å². The average molecular weight is 451 g/mol. The van der Waals surface area contributed by atoms with Crippen molar-refractivity contribution in [3.63, 3.8) is 0 Å². The molecule has 0 spiro atoms. The van der Waals surface area contributed by atoms with Gasteiger partial charge in [-0.25, -0.2) is 4.99 Å². The van der Waals surface area contributed by atoms with Gasteiger partial charge >= 0.3 is 0 Å². The number of nitrogens with zero attached hydrogens (tertiary/aromatic N) is 2. The second-order valence-electron chi connectivity index (χ2n) is 8.17. The van der Waals surface area contributed by atoms with E-state index in [1.165, 1.54) is 6.34 Å². The lowest BCUT2D eigenvalue weighted by Gasteiger charge is -2.35. The molecule has 6 heteroatoms. The Kier molecular flexibility index (Phi) is 9.11. The van der Waals surface area contributed by atoms with E-state index in [0.717, 1.165) is 59.2 Å². The van der Waals surface area contributed by atoms with Gasteiger partial charge in [0.05, 0.1) is 17.1 Å². The maximum atomic E-state index is 13.1. The summed E-state index contributed by atoms with van der Waals surface area (Å²) in [6, 6.07) is 2.37. The summed E-state index contributed by atoms with van der Waals surface area (Å²) in [6.45, 7) is 4.05. The van der Waals surface area contributed by atoms with E-state index >= 15 is 0 Å². The van der Waals surface area contributed by atoms with Crippen molar-refractivity contribution >= 4 is 29.5 Å². The van der Waals surface area contributed by atoms with Gasteiger partial charge in [-0.1, -0.05) is 55.2 Å². The maximum absolute atomic E-state index is 13.1. The normalized spacial score (nSPS) is 29.2. The van der Waals surface area contributed by atoms with Gasteiger partial charge in [-0.05, 0) is 50.2 Å². The average Bonchev–Trinajstić information content (AvgIpc) is 3.19. The van der Waals surface area contributed by atoms with Gasteiger partial charge in [0.15, 0.2) is 0 Å². The van der Waals surface area contributed by atoms with Crippen molar-refractivity contribution in [3.05, 3.63) is 82.4 Å². The van der Waals surface area contributed by atoms with E-state index in [0.29, 0.717) is 12.0 Å². The van der Waals surface area contributed by atoms with Crippen LogP contribution in [0.1, 0.15) is 32.1 Å². The summed E-state index contributed by atoms with van der Waals surface area (Å²) in [5.41, 5.74) is 5.62. The highest BCUT2D eigenvalue weighted by molar-refractivity contribution is 7.89. The van der Waals surface area contributed by atoms with Gasteiger partial charge in [-0.2, -0.15) is 0 Å². The molecule has 1 saturated carbocycles. The number of aromatic nitrogens is 1. The molecule has 0 saturated heterocycles. The Balaban J connectivity index is 1.62. The largest absolute Gasteiger partial charge is 0.390 e. The van der Waals surface area contributed by atoms with Gasteiger partial charge in [0.1, 0.15) is 5.82 Å². The van der Waals surface area contributed by atoms with Crippen LogP contribution in [0.2, 0.25) is 0 Å². The van der Waals surface area contributed by atoms with Crippen LogP contribution < -0.4 is 16.3 Å². The molecular formula is C26H34N4OS. The number of nitrogens with two attached hydrogens (primary N) is 1. The second kappa shape index (κ2) is 12.2. The molecule has 3 rings (SSSR count). The fourth-order valence-electron chi connectivity index (χ4n) is 4.20. The van der Waals surface area contributed by atoms with E-state index in [1.807, 2.05) is 54.8 Å². The minimum Gasteiger partial charge on any atom is -0.390 e. The predicted octanol–water partition coefficient (Wildman–Crippen LogP) is 3.23. The van der Waals surface area contributed by atoms with E-state index < -0.39 is 10.8 Å². The molecule has 0 radical (unpaired) electrons. The fraction of sp³-hybridized carbons (Fsp3) is 0.346. The minimum absolute atomic E-state index is 0.381. The number of H-pyrrole nitrogens is 1. The zero-order chi connectivity index (χ0) is 22.8. The molecule has 1 heterocycles. The van der Waals surface area contributed by atoms with E-state index in [4.69, 9.17) is 5.73 Å². The smallest absolute Gasteiger partial charge is 0.139 e. The Bertz CT molecular complexity index is 1070. The maximum Gasteiger partial charge on any atom is 0.139 e. The Hall–Kier alpha value is -2.86. The Morgan fingerprint density at radius 2 is 1.94 bits per heavy atom. The third-order valence-electron chi connectivity index (χ3n) is 6.03. The van der Waals surface area contributed by atoms with E-state index in [1.54, 1.807) is 0 Å². The Morgan fingerprint density at radius 1 is 1.22 bits per heavy atom. The second-order valence-corrected chi connectivity index (χ2v) is 9.66. The summed E-state index contributed by atoms with van der Waals surface area (Å²) in [5.74, 6) is 2.03.